The normalized spacial score (nSPS) is 10.4. The van der Waals surface area contributed by atoms with Crippen molar-refractivity contribution in [2.75, 3.05) is 20.2 Å². The molecule has 0 bridgehead atoms. The molecule has 0 spiro atoms. The maximum absolute atomic E-state index is 10.6. The number of hydrogen-bond acceptors (Lipinski definition) is 5. The number of carboxylic acids is 2. The molecule has 0 aromatic heterocycles. The van der Waals surface area contributed by atoms with Gasteiger partial charge < -0.3 is 14.9 Å². The van der Waals surface area contributed by atoms with Crippen LogP contribution in [0.1, 0.15) is 5.56 Å². The molecule has 1 aromatic carbocycles. The van der Waals surface area contributed by atoms with Crippen LogP contribution in [-0.4, -0.2) is 53.6 Å². The molecule has 0 fully saturated rings. The van der Waals surface area contributed by atoms with E-state index in [0.717, 1.165) is 5.01 Å². The Labute approximate surface area is 109 Å². The highest BCUT2D eigenvalue weighted by atomic mass is 16.5. The lowest BCUT2D eigenvalue weighted by atomic mass is 10.2. The first-order valence-corrected chi connectivity index (χ1v) is 5.38. The second-order valence-corrected chi connectivity index (χ2v) is 3.63. The van der Waals surface area contributed by atoms with E-state index in [1.54, 1.807) is 31.4 Å². The van der Waals surface area contributed by atoms with E-state index in [4.69, 9.17) is 14.9 Å². The van der Waals surface area contributed by atoms with Crippen molar-refractivity contribution in [3.05, 3.63) is 29.8 Å². The minimum Gasteiger partial charge on any atom is -0.497 e. The smallest absolute Gasteiger partial charge is 0.324 e. The summed E-state index contributed by atoms with van der Waals surface area (Å²) in [7, 11) is 1.55. The highest BCUT2D eigenvalue weighted by Gasteiger charge is 2.10. The second-order valence-electron chi connectivity index (χ2n) is 3.63. The van der Waals surface area contributed by atoms with Crippen molar-refractivity contribution in [3.8, 4) is 5.75 Å². The van der Waals surface area contributed by atoms with Crippen molar-refractivity contribution in [2.45, 2.75) is 0 Å². The Morgan fingerprint density at radius 2 is 1.74 bits per heavy atom. The number of benzene rings is 1. The minimum atomic E-state index is -1.15. The van der Waals surface area contributed by atoms with Crippen LogP contribution in [0.3, 0.4) is 0 Å². The van der Waals surface area contributed by atoms with Crippen molar-refractivity contribution in [3.63, 3.8) is 0 Å². The summed E-state index contributed by atoms with van der Waals surface area (Å²) < 4.78 is 4.99. The molecule has 102 valence electrons. The molecule has 0 aliphatic carbocycles. The fourth-order valence-electron chi connectivity index (χ4n) is 1.29. The van der Waals surface area contributed by atoms with Crippen LogP contribution in [0.15, 0.2) is 29.4 Å². The van der Waals surface area contributed by atoms with Crippen molar-refractivity contribution >= 4 is 18.2 Å². The molecule has 0 unspecified atom stereocenters. The van der Waals surface area contributed by atoms with Gasteiger partial charge in [0.25, 0.3) is 0 Å². The monoisotopic (exact) mass is 266 g/mol. The first-order valence-electron chi connectivity index (χ1n) is 5.38. The van der Waals surface area contributed by atoms with Crippen LogP contribution >= 0.6 is 0 Å². The van der Waals surface area contributed by atoms with Crippen LogP contribution in [0.5, 0.6) is 5.75 Å². The summed E-state index contributed by atoms with van der Waals surface area (Å²) >= 11 is 0. The predicted molar refractivity (Wildman–Crippen MR) is 67.4 cm³/mol. The van der Waals surface area contributed by atoms with Gasteiger partial charge in [0, 0.05) is 0 Å². The molecular weight excluding hydrogens is 252 g/mol. The Balaban J connectivity index is 2.72. The lowest BCUT2D eigenvalue weighted by Crippen LogP contribution is -2.30. The topological polar surface area (TPSA) is 99.4 Å². The molecule has 0 aliphatic rings. The van der Waals surface area contributed by atoms with Gasteiger partial charge in [-0.15, -0.1) is 0 Å². The molecule has 19 heavy (non-hydrogen) atoms. The molecule has 0 atom stereocenters. The van der Waals surface area contributed by atoms with Crippen LogP contribution in [0, 0.1) is 0 Å². The van der Waals surface area contributed by atoms with Gasteiger partial charge in [-0.2, -0.15) is 5.10 Å². The summed E-state index contributed by atoms with van der Waals surface area (Å²) in [6.45, 7) is -0.947. The molecule has 0 saturated heterocycles. The third-order valence-corrected chi connectivity index (χ3v) is 2.12. The quantitative estimate of drug-likeness (QED) is 0.550. The van der Waals surface area contributed by atoms with Gasteiger partial charge in [0.15, 0.2) is 0 Å². The number of carbonyl (C=O) groups is 2. The summed E-state index contributed by atoms with van der Waals surface area (Å²) in [6.07, 6.45) is 1.39. The van der Waals surface area contributed by atoms with Gasteiger partial charge in [0.1, 0.15) is 18.8 Å². The molecule has 2 N–H and O–H groups in total. The van der Waals surface area contributed by atoms with Gasteiger partial charge in [0.05, 0.1) is 13.3 Å². The molecule has 7 heteroatoms. The van der Waals surface area contributed by atoms with Gasteiger partial charge in [-0.25, -0.2) is 0 Å². The van der Waals surface area contributed by atoms with E-state index in [0.29, 0.717) is 11.3 Å². The summed E-state index contributed by atoms with van der Waals surface area (Å²) in [5, 5.41) is 22.1. The van der Waals surface area contributed by atoms with Crippen LogP contribution in [-0.2, 0) is 9.59 Å². The maximum atomic E-state index is 10.6. The van der Waals surface area contributed by atoms with Crippen LogP contribution in [0.4, 0.5) is 0 Å². The largest absolute Gasteiger partial charge is 0.497 e. The lowest BCUT2D eigenvalue weighted by molar-refractivity contribution is -0.141. The first kappa shape index (κ1) is 14.5. The second kappa shape index (κ2) is 7.00. The SMILES string of the molecule is COc1ccc(/C=N\N(CC(=O)O)CC(=O)O)cc1. The molecule has 1 rings (SSSR count). The fourth-order valence-corrected chi connectivity index (χ4v) is 1.29. The number of methoxy groups -OCH3 is 1. The minimum absolute atomic E-state index is 0.473. The Hall–Kier alpha value is -2.57. The van der Waals surface area contributed by atoms with E-state index >= 15 is 0 Å². The van der Waals surface area contributed by atoms with E-state index in [2.05, 4.69) is 5.10 Å². The van der Waals surface area contributed by atoms with E-state index in [1.165, 1.54) is 6.21 Å². The van der Waals surface area contributed by atoms with Crippen molar-refractivity contribution in [1.29, 1.82) is 0 Å². The van der Waals surface area contributed by atoms with Crippen LogP contribution in [0.25, 0.3) is 0 Å². The number of rotatable bonds is 7. The number of carboxylic acid groups (broad SMARTS) is 2. The van der Waals surface area contributed by atoms with Crippen LogP contribution in [0.2, 0.25) is 0 Å². The molecule has 0 saturated carbocycles. The van der Waals surface area contributed by atoms with E-state index in [9.17, 15) is 9.59 Å². The molecule has 1 aromatic rings. The fraction of sp³-hybridized carbons (Fsp3) is 0.250. The van der Waals surface area contributed by atoms with Gasteiger partial charge >= 0.3 is 11.9 Å². The zero-order valence-electron chi connectivity index (χ0n) is 10.3. The standard InChI is InChI=1S/C12H14N2O5/c1-19-10-4-2-9(3-5-10)6-13-14(7-11(15)16)8-12(17)18/h2-6H,7-8H2,1H3,(H,15,16)(H,17,18)/b13-6-. The van der Waals surface area contributed by atoms with Crippen molar-refractivity contribution < 1.29 is 24.5 Å². The van der Waals surface area contributed by atoms with Gasteiger partial charge in [0.2, 0.25) is 0 Å². The molecule has 0 radical (unpaired) electrons. The highest BCUT2D eigenvalue weighted by Crippen LogP contribution is 2.09. The summed E-state index contributed by atoms with van der Waals surface area (Å²) in [6, 6.07) is 6.89. The number of hydrazone groups is 1. The third kappa shape index (κ3) is 5.53. The first-order chi connectivity index (χ1) is 9.01. The Morgan fingerprint density at radius 3 is 2.16 bits per heavy atom. The molecular formula is C12H14N2O5. The van der Waals surface area contributed by atoms with Gasteiger partial charge in [-0.1, -0.05) is 0 Å². The van der Waals surface area contributed by atoms with Gasteiger partial charge in [-0.3, -0.25) is 14.6 Å². The van der Waals surface area contributed by atoms with Crippen molar-refractivity contribution in [2.24, 2.45) is 5.10 Å². The average Bonchev–Trinajstić information content (AvgIpc) is 2.35. The summed E-state index contributed by atoms with van der Waals surface area (Å²) in [5.74, 6) is -1.61. The molecule has 0 aliphatic heterocycles. The predicted octanol–water partition coefficient (Wildman–Crippen LogP) is 0.500. The highest BCUT2D eigenvalue weighted by molar-refractivity contribution is 5.80. The zero-order chi connectivity index (χ0) is 14.3. The Morgan fingerprint density at radius 1 is 1.21 bits per heavy atom. The maximum Gasteiger partial charge on any atom is 0.324 e. The van der Waals surface area contributed by atoms with E-state index in [-0.39, 0.29) is 0 Å². The Bertz CT molecular complexity index is 454. The number of aliphatic carboxylic acids is 2. The zero-order valence-corrected chi connectivity index (χ0v) is 10.3. The average molecular weight is 266 g/mol. The number of hydrogen-bond donors (Lipinski definition) is 2. The number of ether oxygens (including phenoxy) is 1. The molecule has 7 nitrogen and oxygen atoms in total. The van der Waals surface area contributed by atoms with E-state index < -0.39 is 25.0 Å². The van der Waals surface area contributed by atoms with E-state index in [1.807, 2.05) is 0 Å². The Kier molecular flexibility index (Phi) is 5.34. The van der Waals surface area contributed by atoms with Crippen molar-refractivity contribution in [1.82, 2.24) is 5.01 Å². The number of nitrogens with zero attached hydrogens (tertiary/aromatic N) is 2. The summed E-state index contributed by atoms with van der Waals surface area (Å²) in [5.41, 5.74) is 0.710. The van der Waals surface area contributed by atoms with Gasteiger partial charge in [-0.05, 0) is 29.8 Å². The lowest BCUT2D eigenvalue weighted by Gasteiger charge is -2.13. The van der Waals surface area contributed by atoms with Crippen LogP contribution < -0.4 is 4.74 Å². The third-order valence-electron chi connectivity index (χ3n) is 2.12. The molecule has 0 amide bonds. The summed E-state index contributed by atoms with van der Waals surface area (Å²) in [4.78, 5) is 21.1. The molecule has 0 heterocycles.